The van der Waals surface area contributed by atoms with Gasteiger partial charge in [-0.1, -0.05) is 11.3 Å². The Morgan fingerprint density at radius 2 is 1.77 bits per heavy atom. The predicted octanol–water partition coefficient (Wildman–Crippen LogP) is 3.52. The van der Waals surface area contributed by atoms with Crippen LogP contribution in [-0.2, 0) is 4.79 Å². The first-order valence-corrected chi connectivity index (χ1v) is 8.53. The Kier molecular flexibility index (Phi) is 5.04. The number of aromatic nitrogens is 1. The van der Waals surface area contributed by atoms with E-state index in [1.54, 1.807) is 43.5 Å². The Labute approximate surface area is 154 Å². The smallest absolute Gasteiger partial charge is 0.255 e. The van der Waals surface area contributed by atoms with Gasteiger partial charge in [0.05, 0.1) is 18.9 Å². The van der Waals surface area contributed by atoms with E-state index in [0.717, 1.165) is 4.70 Å². The second-order valence-electron chi connectivity index (χ2n) is 5.41. The zero-order valence-electron chi connectivity index (χ0n) is 14.5. The molecule has 0 saturated carbocycles. The van der Waals surface area contributed by atoms with Crippen LogP contribution in [0.15, 0.2) is 36.4 Å². The molecule has 1 heterocycles. The van der Waals surface area contributed by atoms with Gasteiger partial charge in [0.1, 0.15) is 17.0 Å². The van der Waals surface area contributed by atoms with E-state index < -0.39 is 0 Å². The van der Waals surface area contributed by atoms with Crippen molar-refractivity contribution in [2.24, 2.45) is 0 Å². The number of ether oxygens (including phenoxy) is 2. The lowest BCUT2D eigenvalue weighted by Crippen LogP contribution is -2.11. The third-order valence-electron chi connectivity index (χ3n) is 3.57. The molecule has 2 amide bonds. The monoisotopic (exact) mass is 371 g/mol. The van der Waals surface area contributed by atoms with Gasteiger partial charge in [0.2, 0.25) is 5.91 Å². The van der Waals surface area contributed by atoms with E-state index in [0.29, 0.717) is 33.4 Å². The number of carbonyl (C=O) groups excluding carboxylic acids is 2. The van der Waals surface area contributed by atoms with Crippen molar-refractivity contribution in [3.8, 4) is 11.5 Å². The van der Waals surface area contributed by atoms with Crippen molar-refractivity contribution in [1.82, 2.24) is 4.98 Å². The molecule has 26 heavy (non-hydrogen) atoms. The number of methoxy groups -OCH3 is 2. The first-order valence-electron chi connectivity index (χ1n) is 7.71. The fraction of sp³-hybridized carbons (Fsp3) is 0.167. The van der Waals surface area contributed by atoms with Crippen LogP contribution >= 0.6 is 11.3 Å². The maximum atomic E-state index is 12.4. The van der Waals surface area contributed by atoms with Crippen molar-refractivity contribution in [1.29, 1.82) is 0 Å². The van der Waals surface area contributed by atoms with E-state index >= 15 is 0 Å². The molecule has 1 aromatic heterocycles. The topological polar surface area (TPSA) is 89.6 Å². The van der Waals surface area contributed by atoms with Gasteiger partial charge in [-0.05, 0) is 30.3 Å². The molecule has 3 rings (SSSR count). The number of thiazole rings is 1. The minimum absolute atomic E-state index is 0.198. The van der Waals surface area contributed by atoms with Crippen LogP contribution in [0, 0.1) is 0 Å². The Morgan fingerprint density at radius 3 is 2.38 bits per heavy atom. The number of hydrogen-bond acceptors (Lipinski definition) is 6. The number of anilines is 2. The predicted molar refractivity (Wildman–Crippen MR) is 101 cm³/mol. The second-order valence-corrected chi connectivity index (χ2v) is 6.44. The standard InChI is InChI=1S/C18H17N3O4S/c1-10(22)19-18-21-16-14(25-3)8-12(9-15(16)26-18)20-17(23)11-4-6-13(24-2)7-5-11/h4-9H,1-3H3,(H,20,23)(H,19,21,22). The molecule has 0 radical (unpaired) electrons. The molecule has 0 unspecified atom stereocenters. The van der Waals surface area contributed by atoms with E-state index in [1.165, 1.54) is 25.4 Å². The van der Waals surface area contributed by atoms with Crippen LogP contribution in [0.2, 0.25) is 0 Å². The molecule has 0 fully saturated rings. The van der Waals surface area contributed by atoms with Gasteiger partial charge in [0.25, 0.3) is 5.91 Å². The third kappa shape index (κ3) is 3.75. The average Bonchev–Trinajstić information content (AvgIpc) is 3.02. The molecule has 0 aliphatic carbocycles. The molecule has 2 aromatic carbocycles. The molecule has 0 aliphatic heterocycles. The summed E-state index contributed by atoms with van der Waals surface area (Å²) >= 11 is 1.31. The number of nitrogens with zero attached hydrogens (tertiary/aromatic N) is 1. The van der Waals surface area contributed by atoms with Crippen molar-refractivity contribution in [3.05, 3.63) is 42.0 Å². The molecule has 8 heteroatoms. The van der Waals surface area contributed by atoms with Crippen molar-refractivity contribution in [2.75, 3.05) is 24.9 Å². The number of carbonyl (C=O) groups is 2. The molecular formula is C18H17N3O4S. The van der Waals surface area contributed by atoms with Crippen LogP contribution in [-0.4, -0.2) is 31.0 Å². The van der Waals surface area contributed by atoms with Gasteiger partial charge in [-0.3, -0.25) is 9.59 Å². The molecule has 0 bridgehead atoms. The summed E-state index contributed by atoms with van der Waals surface area (Å²) in [6.45, 7) is 1.42. The third-order valence-corrected chi connectivity index (χ3v) is 4.49. The highest BCUT2D eigenvalue weighted by atomic mass is 32.1. The maximum Gasteiger partial charge on any atom is 0.255 e. The van der Waals surface area contributed by atoms with Crippen LogP contribution in [0.1, 0.15) is 17.3 Å². The highest BCUT2D eigenvalue weighted by molar-refractivity contribution is 7.22. The first kappa shape index (κ1) is 17.7. The SMILES string of the molecule is COc1ccc(C(=O)Nc2cc(OC)c3nc(NC(C)=O)sc3c2)cc1. The van der Waals surface area contributed by atoms with E-state index in [-0.39, 0.29) is 11.8 Å². The minimum Gasteiger partial charge on any atom is -0.497 e. The normalized spacial score (nSPS) is 10.4. The van der Waals surface area contributed by atoms with Gasteiger partial charge in [0.15, 0.2) is 5.13 Å². The average molecular weight is 371 g/mol. The fourth-order valence-corrected chi connectivity index (χ4v) is 3.35. The number of amides is 2. The minimum atomic E-state index is -0.249. The molecule has 3 aromatic rings. The van der Waals surface area contributed by atoms with Gasteiger partial charge < -0.3 is 20.1 Å². The fourth-order valence-electron chi connectivity index (χ4n) is 2.38. The molecule has 0 saturated heterocycles. The van der Waals surface area contributed by atoms with Crippen LogP contribution < -0.4 is 20.1 Å². The van der Waals surface area contributed by atoms with E-state index in [4.69, 9.17) is 9.47 Å². The quantitative estimate of drug-likeness (QED) is 0.716. The number of hydrogen-bond donors (Lipinski definition) is 2. The van der Waals surface area contributed by atoms with Crippen molar-refractivity contribution < 1.29 is 19.1 Å². The summed E-state index contributed by atoms with van der Waals surface area (Å²) in [6, 6.07) is 10.3. The summed E-state index contributed by atoms with van der Waals surface area (Å²) in [7, 11) is 3.10. The van der Waals surface area contributed by atoms with E-state index in [1.807, 2.05) is 0 Å². The summed E-state index contributed by atoms with van der Waals surface area (Å²) in [4.78, 5) is 28.0. The summed E-state index contributed by atoms with van der Waals surface area (Å²) < 4.78 is 11.2. The molecular weight excluding hydrogens is 354 g/mol. The van der Waals surface area contributed by atoms with Gasteiger partial charge in [-0.15, -0.1) is 0 Å². The Morgan fingerprint density at radius 1 is 1.04 bits per heavy atom. The second kappa shape index (κ2) is 7.40. The number of nitrogens with one attached hydrogen (secondary N) is 2. The summed E-state index contributed by atoms with van der Waals surface area (Å²) in [5.41, 5.74) is 1.71. The van der Waals surface area contributed by atoms with Crippen LogP contribution in [0.4, 0.5) is 10.8 Å². The lowest BCUT2D eigenvalue weighted by Gasteiger charge is -2.08. The summed E-state index contributed by atoms with van der Waals surface area (Å²) in [6.07, 6.45) is 0. The number of fused-ring (bicyclic) bond motifs is 1. The molecule has 0 atom stereocenters. The van der Waals surface area contributed by atoms with Crippen molar-refractivity contribution in [3.63, 3.8) is 0 Å². The highest BCUT2D eigenvalue weighted by Crippen LogP contribution is 2.35. The molecule has 134 valence electrons. The van der Waals surface area contributed by atoms with Crippen molar-refractivity contribution >= 4 is 44.2 Å². The number of rotatable bonds is 5. The van der Waals surface area contributed by atoms with Gasteiger partial charge in [-0.2, -0.15) is 0 Å². The molecule has 7 nitrogen and oxygen atoms in total. The van der Waals surface area contributed by atoms with E-state index in [9.17, 15) is 9.59 Å². The summed E-state index contributed by atoms with van der Waals surface area (Å²) in [5.74, 6) is 0.747. The highest BCUT2D eigenvalue weighted by Gasteiger charge is 2.14. The van der Waals surface area contributed by atoms with Crippen LogP contribution in [0.3, 0.4) is 0 Å². The Balaban J connectivity index is 1.88. The lowest BCUT2D eigenvalue weighted by atomic mass is 10.2. The van der Waals surface area contributed by atoms with E-state index in [2.05, 4.69) is 15.6 Å². The molecule has 2 N–H and O–H groups in total. The maximum absolute atomic E-state index is 12.4. The zero-order chi connectivity index (χ0) is 18.7. The largest absolute Gasteiger partial charge is 0.497 e. The number of benzene rings is 2. The molecule has 0 spiro atoms. The Hall–Kier alpha value is -3.13. The first-order chi connectivity index (χ1) is 12.5. The summed E-state index contributed by atoms with van der Waals surface area (Å²) in [5, 5.41) is 5.98. The van der Waals surface area contributed by atoms with Crippen molar-refractivity contribution in [2.45, 2.75) is 6.92 Å². The van der Waals surface area contributed by atoms with Crippen LogP contribution in [0.5, 0.6) is 11.5 Å². The van der Waals surface area contributed by atoms with Gasteiger partial charge >= 0.3 is 0 Å². The zero-order valence-corrected chi connectivity index (χ0v) is 15.3. The lowest BCUT2D eigenvalue weighted by molar-refractivity contribution is -0.114. The van der Waals surface area contributed by atoms with Gasteiger partial charge in [0, 0.05) is 24.2 Å². The van der Waals surface area contributed by atoms with Crippen LogP contribution in [0.25, 0.3) is 10.2 Å². The Bertz CT molecular complexity index is 966. The van der Waals surface area contributed by atoms with Gasteiger partial charge in [-0.25, -0.2) is 4.98 Å². The molecule has 0 aliphatic rings.